The van der Waals surface area contributed by atoms with Crippen LogP contribution in [0.2, 0.25) is 0 Å². The van der Waals surface area contributed by atoms with E-state index in [1.54, 1.807) is 0 Å². The van der Waals surface area contributed by atoms with Gasteiger partial charge in [-0.2, -0.15) is 0 Å². The lowest BCUT2D eigenvalue weighted by Crippen LogP contribution is -2.62. The highest BCUT2D eigenvalue weighted by Crippen LogP contribution is 2.26. The zero-order valence-corrected chi connectivity index (χ0v) is 15.5. The van der Waals surface area contributed by atoms with Gasteiger partial charge in [0.2, 0.25) is 0 Å². The van der Waals surface area contributed by atoms with Crippen LogP contribution in [0, 0.1) is 0 Å². The molecule has 2 aliphatic rings. The molecule has 0 spiro atoms. The molecule has 3 N–H and O–H groups in total. The van der Waals surface area contributed by atoms with Crippen molar-refractivity contribution in [2.24, 2.45) is 0 Å². The van der Waals surface area contributed by atoms with Crippen LogP contribution in [-0.4, -0.2) is 100 Å². The summed E-state index contributed by atoms with van der Waals surface area (Å²) < 4.78 is 0. The number of carbonyl (C=O) groups is 2. The molecule has 0 aromatic heterocycles. The Labute approximate surface area is 149 Å². The molecular weight excluding hydrogens is 324 g/mol. The molecule has 2 rings (SSSR count). The maximum Gasteiger partial charge on any atom is 0.317 e. The van der Waals surface area contributed by atoms with Crippen molar-refractivity contribution >= 4 is 12.0 Å². The highest BCUT2D eigenvalue weighted by atomic mass is 16.4. The number of urea groups is 1. The molecule has 0 unspecified atom stereocenters. The van der Waals surface area contributed by atoms with Gasteiger partial charge in [0.25, 0.3) is 0 Å². The topological polar surface area (TPSA) is 96.4 Å². The Hall–Kier alpha value is -1.38. The molecule has 2 atom stereocenters. The first-order valence-electron chi connectivity index (χ1n) is 9.23. The number of piperazine rings is 1. The van der Waals surface area contributed by atoms with Gasteiger partial charge in [0, 0.05) is 43.8 Å². The van der Waals surface area contributed by atoms with Crippen molar-refractivity contribution in [2.75, 3.05) is 39.3 Å². The van der Waals surface area contributed by atoms with E-state index in [-0.39, 0.29) is 43.4 Å². The molecule has 2 fully saturated rings. The quantitative estimate of drug-likeness (QED) is 0.595. The summed E-state index contributed by atoms with van der Waals surface area (Å²) in [4.78, 5) is 29.4. The van der Waals surface area contributed by atoms with E-state index in [1.165, 1.54) is 0 Å². The number of likely N-dealkylation sites (N-methyl/N-ethyl adjacent to an activating group) is 1. The molecule has 1 saturated carbocycles. The van der Waals surface area contributed by atoms with Crippen LogP contribution in [-0.2, 0) is 4.79 Å². The third-order valence-corrected chi connectivity index (χ3v) is 5.45. The number of aliphatic hydroxyl groups excluding tert-OH is 1. The molecule has 144 valence electrons. The summed E-state index contributed by atoms with van der Waals surface area (Å²) in [6.07, 6.45) is 1.62. The van der Waals surface area contributed by atoms with Gasteiger partial charge in [-0.3, -0.25) is 14.6 Å². The van der Waals surface area contributed by atoms with Gasteiger partial charge < -0.3 is 20.4 Å². The number of nitrogens with one attached hydrogen (secondary N) is 1. The van der Waals surface area contributed by atoms with Crippen LogP contribution in [0.15, 0.2) is 0 Å². The fourth-order valence-electron chi connectivity index (χ4n) is 4.02. The Balaban J connectivity index is 1.77. The highest BCUT2D eigenvalue weighted by molar-refractivity contribution is 5.75. The Kier molecular flexibility index (Phi) is 7.04. The first kappa shape index (κ1) is 19.9. The molecule has 1 saturated heterocycles. The van der Waals surface area contributed by atoms with E-state index < -0.39 is 5.97 Å². The molecule has 0 bridgehead atoms. The summed E-state index contributed by atoms with van der Waals surface area (Å²) in [6, 6.07) is 0.781. The predicted octanol–water partition coefficient (Wildman–Crippen LogP) is 0.0204. The van der Waals surface area contributed by atoms with E-state index in [1.807, 2.05) is 16.7 Å². The summed E-state index contributed by atoms with van der Waals surface area (Å²) in [5, 5.41) is 21.2. The minimum Gasteiger partial charge on any atom is -0.480 e. The molecular formula is C17H32N4O4. The zero-order chi connectivity index (χ0) is 18.6. The van der Waals surface area contributed by atoms with Crippen LogP contribution in [0.1, 0.15) is 33.6 Å². The molecule has 1 aliphatic carbocycles. The number of β-amino-alcohol motifs (C(OH)–C–C–N with tert-alkyl or cyclic N) is 1. The van der Waals surface area contributed by atoms with Crippen molar-refractivity contribution in [1.82, 2.24) is 20.0 Å². The van der Waals surface area contributed by atoms with Crippen LogP contribution in [0.5, 0.6) is 0 Å². The van der Waals surface area contributed by atoms with Gasteiger partial charge in [0.15, 0.2) is 0 Å². The average molecular weight is 356 g/mol. The minimum absolute atomic E-state index is 0.0351. The van der Waals surface area contributed by atoms with Crippen molar-refractivity contribution in [1.29, 1.82) is 0 Å². The van der Waals surface area contributed by atoms with Gasteiger partial charge in [0.05, 0.1) is 13.2 Å². The number of nitrogens with zero attached hydrogens (tertiary/aromatic N) is 3. The number of carbonyl (C=O) groups excluding carboxylic acids is 1. The Morgan fingerprint density at radius 1 is 1.20 bits per heavy atom. The molecule has 8 nitrogen and oxygen atoms in total. The summed E-state index contributed by atoms with van der Waals surface area (Å²) in [5.41, 5.74) is 0. The fraction of sp³-hybridized carbons (Fsp3) is 0.882. The smallest absolute Gasteiger partial charge is 0.317 e. The van der Waals surface area contributed by atoms with Crippen LogP contribution in [0.4, 0.5) is 4.79 Å². The van der Waals surface area contributed by atoms with Crippen molar-refractivity contribution in [3.8, 4) is 0 Å². The number of hydrogen-bond acceptors (Lipinski definition) is 5. The number of rotatable bonds is 7. The number of hydrogen-bond donors (Lipinski definition) is 3. The fourth-order valence-corrected chi connectivity index (χ4v) is 4.02. The van der Waals surface area contributed by atoms with Gasteiger partial charge in [-0.05, 0) is 33.2 Å². The minimum atomic E-state index is -0.807. The Bertz CT molecular complexity index is 458. The van der Waals surface area contributed by atoms with Crippen LogP contribution in [0.25, 0.3) is 0 Å². The molecule has 2 amide bonds. The second-order valence-corrected chi connectivity index (χ2v) is 7.29. The van der Waals surface area contributed by atoms with E-state index in [9.17, 15) is 9.59 Å². The van der Waals surface area contributed by atoms with Gasteiger partial charge in [-0.25, -0.2) is 4.79 Å². The maximum absolute atomic E-state index is 12.5. The Morgan fingerprint density at radius 3 is 2.28 bits per heavy atom. The zero-order valence-electron chi connectivity index (χ0n) is 15.5. The third kappa shape index (κ3) is 5.05. The second-order valence-electron chi connectivity index (χ2n) is 7.29. The van der Waals surface area contributed by atoms with Crippen molar-refractivity contribution in [2.45, 2.75) is 57.8 Å². The van der Waals surface area contributed by atoms with Gasteiger partial charge >= 0.3 is 12.0 Å². The number of amides is 2. The SMILES string of the molecule is CCN(CC(=O)O)C1CC(NC(=O)N2C[C@@H](C)N(CCO)[C@@H](C)C2)C1. The van der Waals surface area contributed by atoms with E-state index in [2.05, 4.69) is 24.1 Å². The van der Waals surface area contributed by atoms with E-state index >= 15 is 0 Å². The monoisotopic (exact) mass is 356 g/mol. The molecule has 1 aliphatic heterocycles. The molecule has 8 heteroatoms. The van der Waals surface area contributed by atoms with E-state index in [4.69, 9.17) is 10.2 Å². The highest BCUT2D eigenvalue weighted by Gasteiger charge is 2.37. The maximum atomic E-state index is 12.5. The number of carboxylic acid groups (broad SMARTS) is 1. The van der Waals surface area contributed by atoms with Gasteiger partial charge in [0.1, 0.15) is 0 Å². The van der Waals surface area contributed by atoms with Crippen LogP contribution < -0.4 is 5.32 Å². The van der Waals surface area contributed by atoms with E-state index in [0.29, 0.717) is 26.2 Å². The Morgan fingerprint density at radius 2 is 1.80 bits per heavy atom. The van der Waals surface area contributed by atoms with Gasteiger partial charge in [-0.15, -0.1) is 0 Å². The lowest BCUT2D eigenvalue weighted by Gasteiger charge is -2.46. The lowest BCUT2D eigenvalue weighted by molar-refractivity contribution is -0.139. The first-order valence-corrected chi connectivity index (χ1v) is 9.23. The summed E-state index contributed by atoms with van der Waals surface area (Å²) in [5.74, 6) is -0.807. The molecule has 1 heterocycles. The first-order chi connectivity index (χ1) is 11.8. The van der Waals surface area contributed by atoms with Crippen molar-refractivity contribution in [3.05, 3.63) is 0 Å². The van der Waals surface area contributed by atoms with Crippen molar-refractivity contribution < 1.29 is 19.8 Å². The molecule has 0 aromatic carbocycles. The normalized spacial score (nSPS) is 30.2. The molecule has 25 heavy (non-hydrogen) atoms. The number of carboxylic acids is 1. The largest absolute Gasteiger partial charge is 0.480 e. The second kappa shape index (κ2) is 8.82. The molecule has 0 radical (unpaired) electrons. The summed E-state index contributed by atoms with van der Waals surface area (Å²) >= 11 is 0. The summed E-state index contributed by atoms with van der Waals surface area (Å²) in [6.45, 7) is 8.98. The van der Waals surface area contributed by atoms with Gasteiger partial charge in [-0.1, -0.05) is 6.92 Å². The van der Waals surface area contributed by atoms with E-state index in [0.717, 1.165) is 12.8 Å². The predicted molar refractivity (Wildman–Crippen MR) is 94.5 cm³/mol. The van der Waals surface area contributed by atoms with Crippen LogP contribution in [0.3, 0.4) is 0 Å². The average Bonchev–Trinajstić information content (AvgIpc) is 2.51. The molecule has 0 aromatic rings. The third-order valence-electron chi connectivity index (χ3n) is 5.45. The lowest BCUT2D eigenvalue weighted by atomic mass is 9.85. The summed E-state index contributed by atoms with van der Waals surface area (Å²) in [7, 11) is 0. The number of aliphatic hydroxyl groups is 1. The number of aliphatic carboxylic acids is 1. The van der Waals surface area contributed by atoms with Crippen LogP contribution >= 0.6 is 0 Å². The standard InChI is InChI=1S/C17H32N4O4/c1-4-19(11-16(23)24)15-7-14(8-15)18-17(25)20-9-12(2)21(5-6-22)13(3)10-20/h12-15,22H,4-11H2,1-3H3,(H,18,25)(H,23,24)/t12-,13+,14?,15?. The van der Waals surface area contributed by atoms with Crippen molar-refractivity contribution in [3.63, 3.8) is 0 Å².